The number of carbonyl (C=O) groups excluding carboxylic acids is 1. The van der Waals surface area contributed by atoms with Gasteiger partial charge in [0.2, 0.25) is 5.91 Å². The van der Waals surface area contributed by atoms with Crippen molar-refractivity contribution in [2.75, 3.05) is 5.32 Å². The van der Waals surface area contributed by atoms with Crippen LogP contribution in [0.1, 0.15) is 15.9 Å². The number of nitrogens with zero attached hydrogens (tertiary/aromatic N) is 1. The van der Waals surface area contributed by atoms with Crippen LogP contribution in [0.5, 0.6) is 0 Å². The normalized spacial score (nSPS) is 10.1. The summed E-state index contributed by atoms with van der Waals surface area (Å²) >= 11 is 5.74. The topological polar surface area (TPSA) is 110 Å². The molecule has 0 aliphatic carbocycles. The second-order valence-electron chi connectivity index (χ2n) is 4.61. The maximum atomic E-state index is 12.0. The van der Waals surface area contributed by atoms with E-state index in [1.165, 1.54) is 36.4 Å². The largest absolute Gasteiger partial charge is 0.478 e. The molecule has 0 saturated carbocycles. The van der Waals surface area contributed by atoms with E-state index in [2.05, 4.69) is 5.32 Å². The lowest BCUT2D eigenvalue weighted by Crippen LogP contribution is -2.15. The molecule has 0 heterocycles. The smallest absolute Gasteiger partial charge is 0.337 e. The van der Waals surface area contributed by atoms with Crippen LogP contribution in [0.2, 0.25) is 5.02 Å². The van der Waals surface area contributed by atoms with Gasteiger partial charge in [0.1, 0.15) is 0 Å². The van der Waals surface area contributed by atoms with E-state index in [1.807, 2.05) is 0 Å². The minimum absolute atomic E-state index is 0.0502. The summed E-state index contributed by atoms with van der Waals surface area (Å²) in [4.78, 5) is 33.4. The Balaban J connectivity index is 2.16. The third kappa shape index (κ3) is 4.04. The second-order valence-corrected chi connectivity index (χ2v) is 5.02. The van der Waals surface area contributed by atoms with Gasteiger partial charge in [-0.3, -0.25) is 14.9 Å². The second kappa shape index (κ2) is 6.89. The molecule has 1 amide bonds. The highest BCUT2D eigenvalue weighted by molar-refractivity contribution is 6.33. The summed E-state index contributed by atoms with van der Waals surface area (Å²) in [6.07, 6.45) is -0.206. The maximum absolute atomic E-state index is 12.0. The molecule has 2 aromatic carbocycles. The number of nitro benzene ring substituents is 1. The predicted molar refractivity (Wildman–Crippen MR) is 83.8 cm³/mol. The number of halogens is 1. The quantitative estimate of drug-likeness (QED) is 0.644. The SMILES string of the molecule is O=C(Cc1ccccc1[N+](=O)[O-])Nc1ccc(Cl)c(C(=O)O)c1. The molecule has 0 bridgehead atoms. The Morgan fingerprint density at radius 1 is 1.22 bits per heavy atom. The van der Waals surface area contributed by atoms with Gasteiger partial charge in [-0.15, -0.1) is 0 Å². The van der Waals surface area contributed by atoms with E-state index >= 15 is 0 Å². The number of rotatable bonds is 5. The number of carbonyl (C=O) groups is 2. The lowest BCUT2D eigenvalue weighted by molar-refractivity contribution is -0.385. The Bertz CT molecular complexity index is 791. The van der Waals surface area contributed by atoms with E-state index in [0.717, 1.165) is 0 Å². The van der Waals surface area contributed by atoms with Crippen LogP contribution in [-0.4, -0.2) is 21.9 Å². The van der Waals surface area contributed by atoms with E-state index in [1.54, 1.807) is 6.07 Å². The van der Waals surface area contributed by atoms with Crippen molar-refractivity contribution < 1.29 is 19.6 Å². The number of carboxylic acid groups (broad SMARTS) is 1. The minimum Gasteiger partial charge on any atom is -0.478 e. The molecule has 23 heavy (non-hydrogen) atoms. The molecule has 7 nitrogen and oxygen atoms in total. The molecular weight excluding hydrogens is 324 g/mol. The number of aromatic carboxylic acids is 1. The van der Waals surface area contributed by atoms with Crippen LogP contribution in [0, 0.1) is 10.1 Å². The maximum Gasteiger partial charge on any atom is 0.337 e. The number of amides is 1. The number of hydrogen-bond donors (Lipinski definition) is 2. The zero-order chi connectivity index (χ0) is 17.0. The number of anilines is 1. The van der Waals surface area contributed by atoms with Crippen LogP contribution < -0.4 is 5.32 Å². The Morgan fingerprint density at radius 2 is 1.91 bits per heavy atom. The van der Waals surface area contributed by atoms with Crippen molar-refractivity contribution in [1.82, 2.24) is 0 Å². The molecule has 2 N–H and O–H groups in total. The highest BCUT2D eigenvalue weighted by Gasteiger charge is 2.16. The van der Waals surface area contributed by atoms with Gasteiger partial charge < -0.3 is 10.4 Å². The van der Waals surface area contributed by atoms with Gasteiger partial charge in [-0.05, 0) is 18.2 Å². The zero-order valence-corrected chi connectivity index (χ0v) is 12.4. The first-order chi connectivity index (χ1) is 10.9. The van der Waals surface area contributed by atoms with Gasteiger partial charge in [-0.2, -0.15) is 0 Å². The first-order valence-electron chi connectivity index (χ1n) is 6.43. The molecule has 0 spiro atoms. The van der Waals surface area contributed by atoms with Crippen LogP contribution in [-0.2, 0) is 11.2 Å². The lowest BCUT2D eigenvalue weighted by Gasteiger charge is -2.07. The fraction of sp³-hybridized carbons (Fsp3) is 0.0667. The molecule has 0 unspecified atom stereocenters. The van der Waals surface area contributed by atoms with Crippen LogP contribution >= 0.6 is 11.6 Å². The molecule has 0 fully saturated rings. The number of hydrogen-bond acceptors (Lipinski definition) is 4. The van der Waals surface area contributed by atoms with Gasteiger partial charge in [0.15, 0.2) is 0 Å². The van der Waals surface area contributed by atoms with Gasteiger partial charge >= 0.3 is 5.97 Å². The molecule has 0 aliphatic heterocycles. The van der Waals surface area contributed by atoms with Crippen molar-refractivity contribution in [2.45, 2.75) is 6.42 Å². The van der Waals surface area contributed by atoms with Crippen molar-refractivity contribution in [1.29, 1.82) is 0 Å². The standard InChI is InChI=1S/C15H11ClN2O5/c16-12-6-5-10(8-11(12)15(20)21)17-14(19)7-9-3-1-2-4-13(9)18(22)23/h1-6,8H,7H2,(H,17,19)(H,20,21). The van der Waals surface area contributed by atoms with E-state index in [-0.39, 0.29) is 33.9 Å². The third-order valence-corrected chi connectivity index (χ3v) is 3.35. The first-order valence-corrected chi connectivity index (χ1v) is 6.81. The first kappa shape index (κ1) is 16.4. The Labute approximate surface area is 135 Å². The van der Waals surface area contributed by atoms with Crippen LogP contribution in [0.4, 0.5) is 11.4 Å². The minimum atomic E-state index is -1.22. The van der Waals surface area contributed by atoms with Crippen molar-refractivity contribution in [3.63, 3.8) is 0 Å². The van der Waals surface area contributed by atoms with E-state index in [0.29, 0.717) is 0 Å². The van der Waals surface area contributed by atoms with Crippen LogP contribution in [0.25, 0.3) is 0 Å². The molecule has 118 valence electrons. The van der Waals surface area contributed by atoms with Crippen molar-refractivity contribution in [3.05, 3.63) is 68.7 Å². The molecule has 0 aromatic heterocycles. The number of para-hydroxylation sites is 1. The number of benzene rings is 2. The predicted octanol–water partition coefficient (Wildman–Crippen LogP) is 3.13. The van der Waals surface area contributed by atoms with Crippen LogP contribution in [0.3, 0.4) is 0 Å². The number of nitrogens with one attached hydrogen (secondary N) is 1. The van der Waals surface area contributed by atoms with E-state index in [9.17, 15) is 19.7 Å². The number of carboxylic acids is 1. The van der Waals surface area contributed by atoms with Crippen molar-refractivity contribution in [2.24, 2.45) is 0 Å². The summed E-state index contributed by atoms with van der Waals surface area (Å²) in [5, 5.41) is 22.4. The molecule has 2 aromatic rings. The molecule has 0 saturated heterocycles. The fourth-order valence-corrected chi connectivity index (χ4v) is 2.18. The van der Waals surface area contributed by atoms with Crippen molar-refractivity contribution in [3.8, 4) is 0 Å². The molecule has 0 atom stereocenters. The van der Waals surface area contributed by atoms with Gasteiger partial charge in [0.05, 0.1) is 21.9 Å². The van der Waals surface area contributed by atoms with Gasteiger partial charge in [0, 0.05) is 17.3 Å². The summed E-state index contributed by atoms with van der Waals surface area (Å²) in [5.74, 6) is -1.72. The third-order valence-electron chi connectivity index (χ3n) is 3.02. The van der Waals surface area contributed by atoms with Gasteiger partial charge in [0.25, 0.3) is 5.69 Å². The summed E-state index contributed by atoms with van der Waals surface area (Å²) in [5.41, 5.74) is 0.220. The molecule has 0 radical (unpaired) electrons. The van der Waals surface area contributed by atoms with Crippen molar-refractivity contribution >= 4 is 34.9 Å². The average Bonchev–Trinajstić information content (AvgIpc) is 2.49. The summed E-state index contributed by atoms with van der Waals surface area (Å²) in [6.45, 7) is 0. The zero-order valence-electron chi connectivity index (χ0n) is 11.7. The molecule has 0 aliphatic rings. The van der Waals surface area contributed by atoms with Gasteiger partial charge in [-0.25, -0.2) is 4.79 Å². The Morgan fingerprint density at radius 3 is 2.57 bits per heavy atom. The Hall–Kier alpha value is -2.93. The monoisotopic (exact) mass is 334 g/mol. The lowest BCUT2D eigenvalue weighted by atomic mass is 10.1. The van der Waals surface area contributed by atoms with Crippen LogP contribution in [0.15, 0.2) is 42.5 Å². The number of nitro groups is 1. The molecule has 8 heteroatoms. The summed E-state index contributed by atoms with van der Waals surface area (Å²) < 4.78 is 0. The summed E-state index contributed by atoms with van der Waals surface area (Å²) in [7, 11) is 0. The molecule has 2 rings (SSSR count). The van der Waals surface area contributed by atoms with E-state index < -0.39 is 16.8 Å². The highest BCUT2D eigenvalue weighted by Crippen LogP contribution is 2.22. The summed E-state index contributed by atoms with van der Waals surface area (Å²) in [6, 6.07) is 9.94. The fourth-order valence-electron chi connectivity index (χ4n) is 1.98. The average molecular weight is 335 g/mol. The van der Waals surface area contributed by atoms with E-state index in [4.69, 9.17) is 16.7 Å². The molecular formula is C15H11ClN2O5. The highest BCUT2D eigenvalue weighted by atomic mass is 35.5. The van der Waals surface area contributed by atoms with Gasteiger partial charge in [-0.1, -0.05) is 29.8 Å². The Kier molecular flexibility index (Phi) is 4.92.